The monoisotopic (exact) mass is 335 g/mol. The largest absolute Gasteiger partial charge is 0.498 e. The van der Waals surface area contributed by atoms with Crippen molar-refractivity contribution in [1.82, 2.24) is 0 Å². The van der Waals surface area contributed by atoms with Crippen molar-refractivity contribution in [1.29, 1.82) is 0 Å². The van der Waals surface area contributed by atoms with Gasteiger partial charge in [-0.25, -0.2) is 0 Å². The molecular formula is C18H30BNO4. The summed E-state index contributed by atoms with van der Waals surface area (Å²) in [6.07, 6.45) is 0.813. The van der Waals surface area contributed by atoms with Gasteiger partial charge < -0.3 is 24.1 Å². The molecule has 1 aromatic rings. The van der Waals surface area contributed by atoms with E-state index in [-0.39, 0.29) is 17.4 Å². The third-order valence-electron chi connectivity index (χ3n) is 4.81. The summed E-state index contributed by atoms with van der Waals surface area (Å²) in [4.78, 5) is 0. The molecule has 3 rings (SSSR count). The molecule has 6 heteroatoms. The SMILES string of the molecule is CC.CCC1Nc2c(OC)ccc(B3OC(C)(C)C(C)(C)O3)c2O1. The Hall–Kier alpha value is -1.40. The molecular weight excluding hydrogens is 305 g/mol. The first-order valence-corrected chi connectivity index (χ1v) is 8.79. The summed E-state index contributed by atoms with van der Waals surface area (Å²) in [5.74, 6) is 1.54. The lowest BCUT2D eigenvalue weighted by Gasteiger charge is -2.32. The lowest BCUT2D eigenvalue weighted by atomic mass is 9.78. The number of rotatable bonds is 3. The van der Waals surface area contributed by atoms with E-state index >= 15 is 0 Å². The minimum Gasteiger partial charge on any atom is -0.494 e. The van der Waals surface area contributed by atoms with E-state index in [1.54, 1.807) is 7.11 Å². The molecule has 1 unspecified atom stereocenters. The second-order valence-electron chi connectivity index (χ2n) is 6.81. The maximum absolute atomic E-state index is 6.15. The molecule has 1 fully saturated rings. The van der Waals surface area contributed by atoms with Crippen molar-refractivity contribution in [3.63, 3.8) is 0 Å². The van der Waals surface area contributed by atoms with Crippen LogP contribution < -0.4 is 20.3 Å². The topological polar surface area (TPSA) is 49.0 Å². The van der Waals surface area contributed by atoms with Gasteiger partial charge >= 0.3 is 7.12 Å². The molecule has 0 radical (unpaired) electrons. The van der Waals surface area contributed by atoms with Gasteiger partial charge in [0.15, 0.2) is 6.23 Å². The number of ether oxygens (including phenoxy) is 2. The molecule has 1 N–H and O–H groups in total. The number of hydrogen-bond acceptors (Lipinski definition) is 5. The number of benzene rings is 1. The Labute approximate surface area is 146 Å². The van der Waals surface area contributed by atoms with Crippen LogP contribution >= 0.6 is 0 Å². The van der Waals surface area contributed by atoms with E-state index in [1.165, 1.54) is 0 Å². The molecule has 1 saturated heterocycles. The zero-order chi connectivity index (χ0) is 18.1. The Balaban J connectivity index is 0.00000100. The highest BCUT2D eigenvalue weighted by atomic mass is 16.7. The highest BCUT2D eigenvalue weighted by molar-refractivity contribution is 6.63. The fraction of sp³-hybridized carbons (Fsp3) is 0.667. The fourth-order valence-corrected chi connectivity index (χ4v) is 2.69. The molecule has 134 valence electrons. The van der Waals surface area contributed by atoms with Crippen LogP contribution in [0.15, 0.2) is 12.1 Å². The average Bonchev–Trinajstić information content (AvgIpc) is 3.07. The zero-order valence-corrected chi connectivity index (χ0v) is 16.1. The summed E-state index contributed by atoms with van der Waals surface area (Å²) in [6.45, 7) is 14.3. The van der Waals surface area contributed by atoms with Gasteiger partial charge in [0.1, 0.15) is 17.2 Å². The smallest absolute Gasteiger partial charge is 0.494 e. The van der Waals surface area contributed by atoms with Crippen LogP contribution in [0.3, 0.4) is 0 Å². The summed E-state index contributed by atoms with van der Waals surface area (Å²) in [5, 5.41) is 3.35. The zero-order valence-electron chi connectivity index (χ0n) is 16.1. The first-order chi connectivity index (χ1) is 11.3. The lowest BCUT2D eigenvalue weighted by Crippen LogP contribution is -2.41. The summed E-state index contributed by atoms with van der Waals surface area (Å²) in [7, 11) is 1.22. The fourth-order valence-electron chi connectivity index (χ4n) is 2.69. The third kappa shape index (κ3) is 3.09. The summed E-state index contributed by atoms with van der Waals surface area (Å²) in [5.41, 5.74) is 1.03. The quantitative estimate of drug-likeness (QED) is 0.856. The van der Waals surface area contributed by atoms with Gasteiger partial charge in [-0.05, 0) is 33.8 Å². The number of anilines is 1. The number of hydrogen-bond donors (Lipinski definition) is 1. The van der Waals surface area contributed by atoms with E-state index in [0.29, 0.717) is 0 Å². The van der Waals surface area contributed by atoms with Crippen LogP contribution in [0, 0.1) is 0 Å². The highest BCUT2D eigenvalue weighted by Crippen LogP contribution is 2.42. The molecule has 0 aromatic heterocycles. The standard InChI is InChI=1S/C16H24BNO4.C2H6/c1-7-12-18-13-11(19-6)9-8-10(14(13)20-12)17-21-15(2,3)16(4,5)22-17;1-2/h8-9,12,18H,7H2,1-6H3;1-2H3. The van der Waals surface area contributed by atoms with Gasteiger partial charge in [0.05, 0.1) is 18.3 Å². The van der Waals surface area contributed by atoms with Crippen molar-refractivity contribution in [2.45, 2.75) is 72.3 Å². The van der Waals surface area contributed by atoms with Gasteiger partial charge in [0.25, 0.3) is 0 Å². The van der Waals surface area contributed by atoms with Gasteiger partial charge in [-0.15, -0.1) is 0 Å². The van der Waals surface area contributed by atoms with Gasteiger partial charge in [-0.3, -0.25) is 0 Å². The Morgan fingerprint density at radius 1 is 1.12 bits per heavy atom. The van der Waals surface area contributed by atoms with Crippen molar-refractivity contribution in [3.05, 3.63) is 12.1 Å². The maximum Gasteiger partial charge on any atom is 0.498 e. The van der Waals surface area contributed by atoms with Crippen LogP contribution in [0.4, 0.5) is 5.69 Å². The Bertz CT molecular complexity index is 573. The minimum atomic E-state index is -0.443. The van der Waals surface area contributed by atoms with Crippen LogP contribution in [0.1, 0.15) is 54.9 Å². The minimum absolute atomic E-state index is 0.0486. The molecule has 1 atom stereocenters. The molecule has 0 saturated carbocycles. The van der Waals surface area contributed by atoms with Gasteiger partial charge in [0.2, 0.25) is 0 Å². The number of methoxy groups -OCH3 is 1. The van der Waals surface area contributed by atoms with E-state index in [1.807, 2.05) is 53.7 Å². The predicted octanol–water partition coefficient (Wildman–Crippen LogP) is 3.56. The van der Waals surface area contributed by atoms with Crippen LogP contribution in [-0.4, -0.2) is 31.7 Å². The molecule has 5 nitrogen and oxygen atoms in total. The van der Waals surface area contributed by atoms with Crippen molar-refractivity contribution >= 4 is 18.3 Å². The number of fused-ring (bicyclic) bond motifs is 1. The van der Waals surface area contributed by atoms with Gasteiger partial charge in [-0.2, -0.15) is 0 Å². The van der Waals surface area contributed by atoms with Gasteiger partial charge in [0, 0.05) is 11.9 Å². The first kappa shape index (κ1) is 18.9. The van der Waals surface area contributed by atoms with Crippen LogP contribution in [0.25, 0.3) is 0 Å². The Kier molecular flexibility index (Phi) is 5.40. The Morgan fingerprint density at radius 2 is 1.71 bits per heavy atom. The van der Waals surface area contributed by atoms with E-state index < -0.39 is 7.12 Å². The molecule has 0 spiro atoms. The van der Waals surface area contributed by atoms with E-state index in [4.69, 9.17) is 18.8 Å². The lowest BCUT2D eigenvalue weighted by molar-refractivity contribution is 0.00578. The van der Waals surface area contributed by atoms with Gasteiger partial charge in [-0.1, -0.05) is 26.8 Å². The van der Waals surface area contributed by atoms with Crippen LogP contribution in [0.5, 0.6) is 11.5 Å². The van der Waals surface area contributed by atoms with Crippen molar-refractivity contribution in [2.75, 3.05) is 12.4 Å². The van der Waals surface area contributed by atoms with Crippen molar-refractivity contribution in [2.24, 2.45) is 0 Å². The van der Waals surface area contributed by atoms with Crippen LogP contribution in [-0.2, 0) is 9.31 Å². The molecule has 2 aliphatic heterocycles. The molecule has 0 amide bonds. The number of nitrogens with one attached hydrogen (secondary N) is 1. The molecule has 1 aromatic carbocycles. The van der Waals surface area contributed by atoms with E-state index in [2.05, 4.69) is 12.2 Å². The average molecular weight is 335 g/mol. The summed E-state index contributed by atoms with van der Waals surface area (Å²) < 4.78 is 23.7. The third-order valence-corrected chi connectivity index (χ3v) is 4.81. The molecule has 2 heterocycles. The Morgan fingerprint density at radius 3 is 2.21 bits per heavy atom. The summed E-state index contributed by atoms with van der Waals surface area (Å²) >= 11 is 0. The molecule has 2 aliphatic rings. The molecule has 0 bridgehead atoms. The molecule has 0 aliphatic carbocycles. The van der Waals surface area contributed by atoms with E-state index in [9.17, 15) is 0 Å². The predicted molar refractivity (Wildman–Crippen MR) is 98.4 cm³/mol. The van der Waals surface area contributed by atoms with E-state index in [0.717, 1.165) is 29.1 Å². The van der Waals surface area contributed by atoms with Crippen molar-refractivity contribution < 1.29 is 18.8 Å². The van der Waals surface area contributed by atoms with Crippen molar-refractivity contribution in [3.8, 4) is 11.5 Å². The first-order valence-electron chi connectivity index (χ1n) is 8.79. The highest BCUT2D eigenvalue weighted by Gasteiger charge is 2.53. The molecule has 24 heavy (non-hydrogen) atoms. The van der Waals surface area contributed by atoms with Crippen LogP contribution in [0.2, 0.25) is 0 Å². The normalized spacial score (nSPS) is 22.8. The maximum atomic E-state index is 6.15. The second kappa shape index (κ2) is 6.85. The second-order valence-corrected chi connectivity index (χ2v) is 6.81. The summed E-state index contributed by atoms with van der Waals surface area (Å²) in [6, 6.07) is 3.88.